The lowest BCUT2D eigenvalue weighted by Crippen LogP contribution is -2.23. The Morgan fingerprint density at radius 2 is 1.90 bits per heavy atom. The molecule has 30 heavy (non-hydrogen) atoms. The van der Waals surface area contributed by atoms with E-state index in [-0.39, 0.29) is 17.9 Å². The van der Waals surface area contributed by atoms with E-state index in [9.17, 15) is 22.4 Å². The van der Waals surface area contributed by atoms with E-state index in [0.29, 0.717) is 17.3 Å². The molecule has 0 aliphatic carbocycles. The van der Waals surface area contributed by atoms with Gasteiger partial charge in [-0.2, -0.15) is 13.2 Å². The molecule has 3 N–H and O–H groups in total. The number of nitrogens with two attached hydrogens (primary N) is 1. The maximum absolute atomic E-state index is 14.2. The first-order chi connectivity index (χ1) is 14.1. The molecule has 2 rings (SSSR count). The highest BCUT2D eigenvalue weighted by atomic mass is 19.4. The van der Waals surface area contributed by atoms with Crippen LogP contribution in [0.25, 0.3) is 0 Å². The van der Waals surface area contributed by atoms with Crippen LogP contribution in [0.3, 0.4) is 0 Å². The van der Waals surface area contributed by atoms with Crippen LogP contribution >= 0.6 is 0 Å². The molecule has 0 saturated carbocycles. The molecule has 0 aromatic heterocycles. The number of alkyl halides is 3. The van der Waals surface area contributed by atoms with E-state index in [2.05, 4.69) is 15.7 Å². The fourth-order valence-corrected chi connectivity index (χ4v) is 2.53. The molecule has 11 heteroatoms. The molecule has 160 valence electrons. The Kier molecular flexibility index (Phi) is 7.09. The van der Waals surface area contributed by atoms with Crippen molar-refractivity contribution in [3.05, 3.63) is 64.5 Å². The topological polar surface area (TPSA) is 92.1 Å². The number of rotatable bonds is 5. The van der Waals surface area contributed by atoms with Crippen molar-refractivity contribution < 1.29 is 31.9 Å². The Labute approximate surface area is 169 Å². The second kappa shape index (κ2) is 9.33. The lowest BCUT2D eigenvalue weighted by Gasteiger charge is -2.12. The first kappa shape index (κ1) is 22.8. The number of nitrogens with one attached hydrogen (secondary N) is 1. The van der Waals surface area contributed by atoms with Gasteiger partial charge in [0.05, 0.1) is 18.3 Å². The molecule has 0 spiro atoms. The molecular weight excluding hydrogens is 406 g/mol. The maximum atomic E-state index is 14.2. The van der Waals surface area contributed by atoms with E-state index in [1.165, 1.54) is 20.0 Å². The van der Waals surface area contributed by atoms with E-state index in [4.69, 9.17) is 10.7 Å². The number of aryl methyl sites for hydroxylation is 1. The molecule has 2 amide bonds. The summed E-state index contributed by atoms with van der Waals surface area (Å²) in [6.45, 7) is 2.98. The first-order valence-electron chi connectivity index (χ1n) is 8.63. The minimum Gasteiger partial charge on any atom is -0.391 e. The average molecular weight is 426 g/mol. The fourth-order valence-electron chi connectivity index (χ4n) is 2.53. The summed E-state index contributed by atoms with van der Waals surface area (Å²) in [5.74, 6) is 3.64. The highest BCUT2D eigenvalue weighted by Crippen LogP contribution is 2.32. The standard InChI is InChI=1S/C19H19F4N5O2/c1-11-6-4-9-16(25-18(29)28(3)27-24)14(11)10-30-26-12(2)13-7-5-8-15(17(13)20)19(21,22)23/h4-9,24H,10H2,1-3H3,(H,25,29)/p+1. The predicted molar refractivity (Wildman–Crippen MR) is 101 cm³/mol. The summed E-state index contributed by atoms with van der Waals surface area (Å²) in [4.78, 5) is 17.2. The van der Waals surface area contributed by atoms with Crippen LogP contribution in [0.1, 0.15) is 29.2 Å². The minimum absolute atomic E-state index is 0.0700. The third-order valence-electron chi connectivity index (χ3n) is 4.22. The highest BCUT2D eigenvalue weighted by molar-refractivity contribution is 5.98. The van der Waals surface area contributed by atoms with Gasteiger partial charge in [-0.15, -0.1) is 4.70 Å². The summed E-state index contributed by atoms with van der Waals surface area (Å²) >= 11 is 0. The Balaban J connectivity index is 2.23. The van der Waals surface area contributed by atoms with Crippen molar-refractivity contribution in [3.63, 3.8) is 0 Å². The lowest BCUT2D eigenvalue weighted by atomic mass is 10.1. The number of carbonyl (C=O) groups is 1. The molecule has 0 bridgehead atoms. The molecule has 7 nitrogen and oxygen atoms in total. The molecule has 0 aliphatic rings. The smallest absolute Gasteiger partial charge is 0.391 e. The van der Waals surface area contributed by atoms with Crippen molar-refractivity contribution in [3.8, 4) is 0 Å². The number of halogens is 4. The quantitative estimate of drug-likeness (QED) is 0.183. The van der Waals surface area contributed by atoms with Gasteiger partial charge in [0.15, 0.2) is 0 Å². The number of carbonyl (C=O) groups excluding carboxylic acids is 1. The van der Waals surface area contributed by atoms with Gasteiger partial charge in [0.25, 0.3) is 0 Å². The van der Waals surface area contributed by atoms with Crippen LogP contribution < -0.4 is 11.2 Å². The Hall–Kier alpha value is -3.50. The molecule has 0 unspecified atom stereocenters. The van der Waals surface area contributed by atoms with Gasteiger partial charge in [0, 0.05) is 16.4 Å². The van der Waals surface area contributed by atoms with Gasteiger partial charge in [-0.25, -0.2) is 20.3 Å². The molecule has 2 aromatic carbocycles. The summed E-state index contributed by atoms with van der Waals surface area (Å²) in [7, 11) is 1.36. The molecule has 0 aliphatic heterocycles. The summed E-state index contributed by atoms with van der Waals surface area (Å²) in [5.41, 5.74) is -0.0363. The number of benzene rings is 2. The Morgan fingerprint density at radius 1 is 1.23 bits per heavy atom. The molecule has 0 heterocycles. The summed E-state index contributed by atoms with van der Waals surface area (Å²) in [6, 6.07) is 7.44. The zero-order valence-electron chi connectivity index (χ0n) is 16.4. The zero-order valence-corrected chi connectivity index (χ0v) is 16.4. The van der Waals surface area contributed by atoms with Crippen LogP contribution in [0.2, 0.25) is 0 Å². The number of hydrogen-bond donors (Lipinski definition) is 2. The van der Waals surface area contributed by atoms with E-state index < -0.39 is 23.6 Å². The van der Waals surface area contributed by atoms with E-state index in [0.717, 1.165) is 16.3 Å². The van der Waals surface area contributed by atoms with Crippen molar-refractivity contribution in [1.82, 2.24) is 0 Å². The predicted octanol–water partition coefficient (Wildman–Crippen LogP) is 4.59. The van der Waals surface area contributed by atoms with Crippen molar-refractivity contribution in [2.24, 2.45) is 16.2 Å². The maximum Gasteiger partial charge on any atom is 0.459 e. The van der Waals surface area contributed by atoms with E-state index in [1.807, 2.05) is 0 Å². The zero-order chi connectivity index (χ0) is 22.5. The van der Waals surface area contributed by atoms with Gasteiger partial charge in [-0.05, 0) is 31.5 Å². The number of hydrogen-bond acceptors (Lipinski definition) is 4. The number of anilines is 1. The number of urea groups is 1. The average Bonchev–Trinajstić information content (AvgIpc) is 2.68. The van der Waals surface area contributed by atoms with Crippen LogP contribution in [0, 0.1) is 12.7 Å². The minimum atomic E-state index is -4.82. The van der Waals surface area contributed by atoms with Crippen molar-refractivity contribution >= 4 is 17.4 Å². The van der Waals surface area contributed by atoms with Gasteiger partial charge >= 0.3 is 12.2 Å². The van der Waals surface area contributed by atoms with Gasteiger partial charge in [-0.3, -0.25) is 0 Å². The Morgan fingerprint density at radius 3 is 2.53 bits per heavy atom. The van der Waals surface area contributed by atoms with E-state index >= 15 is 0 Å². The number of nitrogens with zero attached hydrogens (tertiary/aromatic N) is 3. The van der Waals surface area contributed by atoms with Crippen LogP contribution in [0.5, 0.6) is 0 Å². The molecule has 0 fully saturated rings. The van der Waals surface area contributed by atoms with Crippen LogP contribution in [-0.4, -0.2) is 23.5 Å². The van der Waals surface area contributed by atoms with Crippen LogP contribution in [-0.2, 0) is 17.6 Å². The summed E-state index contributed by atoms with van der Waals surface area (Å²) in [6.07, 6.45) is -4.82. The van der Waals surface area contributed by atoms with Gasteiger partial charge in [-0.1, -0.05) is 29.4 Å². The summed E-state index contributed by atoms with van der Waals surface area (Å²) in [5, 5.41) is 9.58. The SMILES string of the molecule is CC(=NOCc1c(C)cccc1NC(=O)/[N+](C)=N\N)c1cccc(C(F)(F)F)c1F. The molecule has 0 saturated heterocycles. The van der Waals surface area contributed by atoms with Gasteiger partial charge < -0.3 is 4.84 Å². The van der Waals surface area contributed by atoms with E-state index in [1.54, 1.807) is 25.1 Å². The second-order valence-corrected chi connectivity index (χ2v) is 6.29. The third-order valence-corrected chi connectivity index (χ3v) is 4.22. The highest BCUT2D eigenvalue weighted by Gasteiger charge is 2.35. The molecule has 0 atom stereocenters. The molecule has 0 radical (unpaired) electrons. The largest absolute Gasteiger partial charge is 0.459 e. The third kappa shape index (κ3) is 5.31. The number of amides is 2. The normalized spacial score (nSPS) is 12.6. The second-order valence-electron chi connectivity index (χ2n) is 6.29. The van der Waals surface area contributed by atoms with Gasteiger partial charge in [0.1, 0.15) is 18.1 Å². The van der Waals surface area contributed by atoms with Crippen molar-refractivity contribution in [1.29, 1.82) is 0 Å². The summed E-state index contributed by atoms with van der Waals surface area (Å²) < 4.78 is 53.7. The molecular formula is C19H20F4N5O2+. The Bertz CT molecular complexity index is 1000. The molecule has 2 aromatic rings. The van der Waals surface area contributed by atoms with Crippen molar-refractivity contribution in [2.45, 2.75) is 26.6 Å². The first-order valence-corrected chi connectivity index (χ1v) is 8.63. The van der Waals surface area contributed by atoms with Gasteiger partial charge in [0.2, 0.25) is 0 Å². The fraction of sp³-hybridized carbons (Fsp3) is 0.263. The van der Waals surface area contributed by atoms with Crippen LogP contribution in [0.4, 0.5) is 28.0 Å². The lowest BCUT2D eigenvalue weighted by molar-refractivity contribution is -0.466. The van der Waals surface area contributed by atoms with Crippen molar-refractivity contribution in [2.75, 3.05) is 12.4 Å². The van der Waals surface area contributed by atoms with Crippen LogP contribution in [0.15, 0.2) is 46.8 Å². The monoisotopic (exact) mass is 426 g/mol. The number of oxime groups is 1.